The van der Waals surface area contributed by atoms with Crippen molar-refractivity contribution in [2.24, 2.45) is 35.3 Å². The molecule has 1 amide bonds. The van der Waals surface area contributed by atoms with Crippen LogP contribution in [0.15, 0.2) is 59.7 Å². The lowest BCUT2D eigenvalue weighted by Gasteiger charge is -2.45. The maximum absolute atomic E-state index is 11.6. The van der Waals surface area contributed by atoms with Crippen LogP contribution in [0.3, 0.4) is 0 Å². The number of hydrogen-bond donors (Lipinski definition) is 1. The molecular formula is C23H23NO. The molecule has 5 unspecified atom stereocenters. The molecule has 0 saturated heterocycles. The molecule has 0 aliphatic heterocycles. The number of carbonyl (C=O) groups is 1. The fourth-order valence-electron chi connectivity index (χ4n) is 5.34. The van der Waals surface area contributed by atoms with E-state index >= 15 is 0 Å². The number of fused-ring (bicyclic) bond motifs is 5. The van der Waals surface area contributed by atoms with Crippen LogP contribution in [0.4, 0.5) is 0 Å². The van der Waals surface area contributed by atoms with Crippen LogP contribution in [0.2, 0.25) is 0 Å². The van der Waals surface area contributed by atoms with E-state index < -0.39 is 0 Å². The van der Waals surface area contributed by atoms with E-state index in [1.165, 1.54) is 35.3 Å². The van der Waals surface area contributed by atoms with Gasteiger partial charge in [0.05, 0.1) is 0 Å². The topological polar surface area (TPSA) is 43.1 Å². The highest BCUT2D eigenvalue weighted by Crippen LogP contribution is 2.49. The van der Waals surface area contributed by atoms with Gasteiger partial charge in [-0.2, -0.15) is 0 Å². The molecule has 5 atom stereocenters. The van der Waals surface area contributed by atoms with Crippen molar-refractivity contribution < 1.29 is 4.79 Å². The van der Waals surface area contributed by atoms with Gasteiger partial charge in [0.15, 0.2) is 0 Å². The molecule has 4 aliphatic rings. The second-order valence-corrected chi connectivity index (χ2v) is 7.95. The van der Waals surface area contributed by atoms with Crippen LogP contribution in [-0.4, -0.2) is 5.91 Å². The van der Waals surface area contributed by atoms with Gasteiger partial charge in [-0.3, -0.25) is 4.79 Å². The molecule has 4 aliphatic carbocycles. The molecule has 126 valence electrons. The number of hydrogen-bond acceptors (Lipinski definition) is 1. The van der Waals surface area contributed by atoms with Gasteiger partial charge in [0, 0.05) is 11.5 Å². The van der Waals surface area contributed by atoms with E-state index in [9.17, 15) is 4.79 Å². The number of nitrogens with two attached hydrogens (primary N) is 1. The second kappa shape index (κ2) is 5.59. The summed E-state index contributed by atoms with van der Waals surface area (Å²) in [6.45, 7) is 0. The third-order valence-corrected chi connectivity index (χ3v) is 6.60. The molecule has 2 N–H and O–H groups in total. The summed E-state index contributed by atoms with van der Waals surface area (Å²) in [7, 11) is 0. The fraction of sp³-hybridized carbons (Fsp3) is 0.348. The molecule has 1 saturated carbocycles. The number of allylic oxidation sites excluding steroid dienone is 4. The molecule has 5 rings (SSSR count). The molecule has 1 fully saturated rings. The number of rotatable bonds is 1. The van der Waals surface area contributed by atoms with Crippen LogP contribution >= 0.6 is 0 Å². The van der Waals surface area contributed by atoms with Gasteiger partial charge in [-0.05, 0) is 58.9 Å². The van der Waals surface area contributed by atoms with Gasteiger partial charge in [-0.1, -0.05) is 60.7 Å². The molecule has 25 heavy (non-hydrogen) atoms. The van der Waals surface area contributed by atoms with Crippen LogP contribution in [0, 0.1) is 29.6 Å². The van der Waals surface area contributed by atoms with Crippen molar-refractivity contribution in [3.8, 4) is 0 Å². The van der Waals surface area contributed by atoms with Crippen molar-refractivity contribution in [2.75, 3.05) is 0 Å². The van der Waals surface area contributed by atoms with E-state index in [4.69, 9.17) is 5.73 Å². The van der Waals surface area contributed by atoms with E-state index in [-0.39, 0.29) is 5.91 Å². The van der Waals surface area contributed by atoms with Crippen molar-refractivity contribution in [1.29, 1.82) is 0 Å². The first-order chi connectivity index (χ1) is 12.2. The lowest BCUT2D eigenvalue weighted by atomic mass is 9.59. The van der Waals surface area contributed by atoms with Crippen molar-refractivity contribution in [2.45, 2.75) is 19.3 Å². The predicted molar refractivity (Wildman–Crippen MR) is 100 cm³/mol. The fourth-order valence-corrected chi connectivity index (χ4v) is 5.34. The van der Waals surface area contributed by atoms with Crippen LogP contribution in [-0.2, 0) is 4.79 Å². The highest BCUT2D eigenvalue weighted by molar-refractivity contribution is 5.95. The van der Waals surface area contributed by atoms with Gasteiger partial charge in [-0.25, -0.2) is 0 Å². The summed E-state index contributed by atoms with van der Waals surface area (Å²) in [6.07, 6.45) is 17.4. The molecule has 0 bridgehead atoms. The number of carbonyl (C=O) groups excluding carboxylic acids is 1. The van der Waals surface area contributed by atoms with E-state index in [1.54, 1.807) is 0 Å². The van der Waals surface area contributed by atoms with Crippen molar-refractivity contribution in [1.82, 2.24) is 0 Å². The molecule has 2 nitrogen and oxygen atoms in total. The summed E-state index contributed by atoms with van der Waals surface area (Å²) < 4.78 is 0. The van der Waals surface area contributed by atoms with E-state index in [2.05, 4.69) is 54.6 Å². The molecule has 0 heterocycles. The van der Waals surface area contributed by atoms with Crippen LogP contribution in [0.5, 0.6) is 0 Å². The van der Waals surface area contributed by atoms with Gasteiger partial charge < -0.3 is 5.73 Å². The minimum atomic E-state index is -0.301. The number of benzene rings is 1. The first-order valence-corrected chi connectivity index (χ1v) is 9.39. The Hall–Kier alpha value is -2.35. The summed E-state index contributed by atoms with van der Waals surface area (Å²) >= 11 is 0. The van der Waals surface area contributed by atoms with E-state index in [1.807, 2.05) is 6.08 Å². The third kappa shape index (κ3) is 2.43. The van der Waals surface area contributed by atoms with E-state index in [0.717, 1.165) is 0 Å². The average Bonchev–Trinajstić information content (AvgIpc) is 2.64. The van der Waals surface area contributed by atoms with Gasteiger partial charge in [0.25, 0.3) is 0 Å². The highest BCUT2D eigenvalue weighted by atomic mass is 16.1. The maximum Gasteiger partial charge on any atom is 0.248 e. The zero-order chi connectivity index (χ0) is 17.0. The normalized spacial score (nSPS) is 34.8. The van der Waals surface area contributed by atoms with Crippen molar-refractivity contribution in [3.63, 3.8) is 0 Å². The van der Waals surface area contributed by atoms with Gasteiger partial charge >= 0.3 is 0 Å². The Bertz CT molecular complexity index is 949. The summed E-state index contributed by atoms with van der Waals surface area (Å²) in [4.78, 5) is 11.6. The number of amides is 1. The molecule has 1 aromatic rings. The van der Waals surface area contributed by atoms with Crippen molar-refractivity contribution in [3.05, 3.63) is 70.2 Å². The molecular weight excluding hydrogens is 306 g/mol. The Kier molecular flexibility index (Phi) is 3.34. The predicted octanol–water partition coefficient (Wildman–Crippen LogP) is 2.45. The third-order valence-electron chi connectivity index (χ3n) is 6.60. The first-order valence-electron chi connectivity index (χ1n) is 9.39. The Morgan fingerprint density at radius 1 is 1.00 bits per heavy atom. The summed E-state index contributed by atoms with van der Waals surface area (Å²) in [5, 5.41) is 2.70. The van der Waals surface area contributed by atoms with E-state index in [0.29, 0.717) is 35.2 Å². The second-order valence-electron chi connectivity index (χ2n) is 7.95. The smallest absolute Gasteiger partial charge is 0.248 e. The van der Waals surface area contributed by atoms with Crippen LogP contribution in [0.1, 0.15) is 19.3 Å². The minimum Gasteiger partial charge on any atom is -0.366 e. The summed E-state index contributed by atoms with van der Waals surface area (Å²) in [5.41, 5.74) is 7.68. The van der Waals surface area contributed by atoms with Crippen molar-refractivity contribution >= 4 is 18.1 Å². The largest absolute Gasteiger partial charge is 0.366 e. The Morgan fingerprint density at radius 3 is 2.68 bits per heavy atom. The molecule has 1 aromatic carbocycles. The minimum absolute atomic E-state index is 0.301. The van der Waals surface area contributed by atoms with Gasteiger partial charge in [0.2, 0.25) is 5.91 Å². The molecule has 0 spiro atoms. The van der Waals surface area contributed by atoms with Gasteiger partial charge in [0.1, 0.15) is 0 Å². The highest BCUT2D eigenvalue weighted by Gasteiger charge is 2.41. The summed E-state index contributed by atoms with van der Waals surface area (Å²) in [5.74, 6) is 2.46. The summed E-state index contributed by atoms with van der Waals surface area (Å²) in [6, 6.07) is 8.66. The van der Waals surface area contributed by atoms with Crippen LogP contribution < -0.4 is 16.2 Å². The lowest BCUT2D eigenvalue weighted by Crippen LogP contribution is -2.39. The molecule has 0 aromatic heterocycles. The van der Waals surface area contributed by atoms with Gasteiger partial charge in [-0.15, -0.1) is 0 Å². The Labute approximate surface area is 148 Å². The quantitative estimate of drug-likeness (QED) is 0.845. The molecule has 2 heteroatoms. The number of primary amides is 1. The lowest BCUT2D eigenvalue weighted by molar-refractivity contribution is -0.114. The molecule has 0 radical (unpaired) electrons. The zero-order valence-corrected chi connectivity index (χ0v) is 14.3. The Balaban J connectivity index is 1.57. The monoisotopic (exact) mass is 329 g/mol. The average molecular weight is 329 g/mol. The standard InChI is InChI=1S/C23H23NO/c24-23(25)18-8-6-14-5-7-17-11-19-9-15-3-1-2-4-16(15)10-20(19)13-22(17)21(14)12-18/h1-4,6,8-10,12-14,17,19,21-22H,5,7,11H2,(H2,24,25). The zero-order valence-electron chi connectivity index (χ0n) is 14.3. The maximum atomic E-state index is 11.6. The SMILES string of the molecule is NC(=O)C1=CC2C(C=C1)CCC1CC3C=c4ccccc4=CC3=CC12. The Morgan fingerprint density at radius 2 is 1.84 bits per heavy atom. The first kappa shape index (κ1) is 14.9. The van der Waals surface area contributed by atoms with Crippen LogP contribution in [0.25, 0.3) is 12.2 Å².